The van der Waals surface area contributed by atoms with Crippen LogP contribution in [0.5, 0.6) is 0 Å². The number of hydrogen-bond donors (Lipinski definition) is 1. The molecule has 1 N–H and O–H groups in total. The highest BCUT2D eigenvalue weighted by Crippen LogP contribution is 2.34. The van der Waals surface area contributed by atoms with Gasteiger partial charge in [-0.3, -0.25) is 9.59 Å². The van der Waals surface area contributed by atoms with E-state index in [9.17, 15) is 14.7 Å². The normalized spacial score (nSPS) is 21.7. The molecule has 4 unspecified atom stereocenters. The van der Waals surface area contributed by atoms with E-state index in [-0.39, 0.29) is 0 Å². The monoisotopic (exact) mass is 447 g/mol. The molecule has 3 aromatic rings. The van der Waals surface area contributed by atoms with Gasteiger partial charge in [-0.05, 0) is 18.1 Å². The first-order valence-electron chi connectivity index (χ1n) is 10.2. The van der Waals surface area contributed by atoms with Crippen LogP contribution in [0.3, 0.4) is 0 Å². The second-order valence-electron chi connectivity index (χ2n) is 7.28. The van der Waals surface area contributed by atoms with Crippen molar-refractivity contribution >= 4 is 11.9 Å². The third-order valence-corrected chi connectivity index (χ3v) is 4.84. The number of aliphatic hydroxyl groups excluding tert-OH is 1. The fraction of sp³-hybridized carbons (Fsp3) is 0.250. The standard InChI is InChI=1S/C24H21N3O6/c1-15(28)31-22-21(30)24(32-16(2)29)33-23(22)27-19(14-13-17-9-5-3-6-10-17)20(25-26-27)18-11-7-4-8-12-18/h3-12,21-24,30H,1-2H3. The predicted molar refractivity (Wildman–Crippen MR) is 115 cm³/mol. The van der Waals surface area contributed by atoms with Crippen molar-refractivity contribution < 1.29 is 28.9 Å². The number of carbonyl (C=O) groups excluding carboxylic acids is 2. The molecule has 1 aliphatic heterocycles. The Morgan fingerprint density at radius 3 is 2.24 bits per heavy atom. The summed E-state index contributed by atoms with van der Waals surface area (Å²) in [6.45, 7) is 2.39. The summed E-state index contributed by atoms with van der Waals surface area (Å²) in [5.74, 6) is 4.84. The van der Waals surface area contributed by atoms with Crippen LogP contribution < -0.4 is 0 Å². The highest BCUT2D eigenvalue weighted by atomic mass is 16.7. The number of carbonyl (C=O) groups is 2. The van der Waals surface area contributed by atoms with E-state index in [1.807, 2.05) is 60.7 Å². The molecule has 168 valence electrons. The summed E-state index contributed by atoms with van der Waals surface area (Å²) in [6.07, 6.45) is -5.11. The molecular weight excluding hydrogens is 426 g/mol. The number of nitrogens with zero attached hydrogens (tertiary/aromatic N) is 3. The van der Waals surface area contributed by atoms with Crippen molar-refractivity contribution in [2.45, 2.75) is 38.6 Å². The average molecular weight is 447 g/mol. The largest absolute Gasteiger partial charge is 0.455 e. The summed E-state index contributed by atoms with van der Waals surface area (Å²) < 4.78 is 17.4. The van der Waals surface area contributed by atoms with Crippen LogP contribution in [-0.4, -0.2) is 50.5 Å². The first-order valence-corrected chi connectivity index (χ1v) is 10.2. The van der Waals surface area contributed by atoms with E-state index in [2.05, 4.69) is 22.2 Å². The number of aliphatic hydroxyl groups is 1. The highest BCUT2D eigenvalue weighted by molar-refractivity contribution is 5.67. The lowest BCUT2D eigenvalue weighted by atomic mass is 10.1. The van der Waals surface area contributed by atoms with E-state index in [1.54, 1.807) is 0 Å². The molecule has 1 fully saturated rings. The van der Waals surface area contributed by atoms with Crippen molar-refractivity contribution in [3.63, 3.8) is 0 Å². The molecule has 0 spiro atoms. The van der Waals surface area contributed by atoms with Crippen LogP contribution in [0.4, 0.5) is 0 Å². The van der Waals surface area contributed by atoms with Crippen LogP contribution in [0.15, 0.2) is 60.7 Å². The van der Waals surface area contributed by atoms with Gasteiger partial charge in [0.15, 0.2) is 18.4 Å². The molecule has 0 bridgehead atoms. The van der Waals surface area contributed by atoms with E-state index in [0.717, 1.165) is 11.1 Å². The van der Waals surface area contributed by atoms with Crippen LogP contribution in [0.2, 0.25) is 0 Å². The van der Waals surface area contributed by atoms with Gasteiger partial charge in [0.05, 0.1) is 0 Å². The maximum Gasteiger partial charge on any atom is 0.305 e. The Bertz CT molecular complexity index is 1200. The van der Waals surface area contributed by atoms with Gasteiger partial charge in [0.2, 0.25) is 6.29 Å². The fourth-order valence-electron chi connectivity index (χ4n) is 3.43. The molecule has 9 heteroatoms. The summed E-state index contributed by atoms with van der Waals surface area (Å²) in [5.41, 5.74) is 2.39. The van der Waals surface area contributed by atoms with Gasteiger partial charge < -0.3 is 19.3 Å². The van der Waals surface area contributed by atoms with E-state index < -0.39 is 36.7 Å². The second-order valence-corrected chi connectivity index (χ2v) is 7.28. The zero-order valence-electron chi connectivity index (χ0n) is 17.9. The van der Waals surface area contributed by atoms with Gasteiger partial charge in [-0.15, -0.1) is 5.10 Å². The Kier molecular flexibility index (Phi) is 6.49. The van der Waals surface area contributed by atoms with Crippen LogP contribution in [0.25, 0.3) is 11.3 Å². The SMILES string of the molecule is CC(=O)OC1OC(n2nnc(-c3ccccc3)c2C#Cc2ccccc2)C(OC(C)=O)C1O. The summed E-state index contributed by atoms with van der Waals surface area (Å²) in [7, 11) is 0. The van der Waals surface area contributed by atoms with Crippen molar-refractivity contribution in [2.24, 2.45) is 0 Å². The summed E-state index contributed by atoms with van der Waals surface area (Å²) >= 11 is 0. The quantitative estimate of drug-likeness (QED) is 0.478. The number of hydrogen-bond acceptors (Lipinski definition) is 8. The van der Waals surface area contributed by atoms with Gasteiger partial charge in [0, 0.05) is 25.0 Å². The molecule has 4 atom stereocenters. The Hall–Kier alpha value is -4.00. The molecule has 4 rings (SSSR count). The van der Waals surface area contributed by atoms with Crippen LogP contribution >= 0.6 is 0 Å². The zero-order valence-corrected chi connectivity index (χ0v) is 17.9. The van der Waals surface area contributed by atoms with E-state index in [0.29, 0.717) is 11.4 Å². The number of rotatable bonds is 4. The molecule has 0 radical (unpaired) electrons. The Labute approximate surface area is 189 Å². The lowest BCUT2D eigenvalue weighted by Crippen LogP contribution is -2.37. The molecule has 0 aliphatic carbocycles. The lowest BCUT2D eigenvalue weighted by molar-refractivity contribution is -0.192. The maximum absolute atomic E-state index is 11.7. The molecule has 0 amide bonds. The van der Waals surface area contributed by atoms with Crippen LogP contribution in [-0.2, 0) is 23.8 Å². The summed E-state index contributed by atoms with van der Waals surface area (Å²) in [6, 6.07) is 18.7. The van der Waals surface area contributed by atoms with Gasteiger partial charge in [-0.25, -0.2) is 4.68 Å². The highest BCUT2D eigenvalue weighted by Gasteiger charge is 2.50. The Balaban J connectivity index is 1.80. The zero-order chi connectivity index (χ0) is 23.4. The van der Waals surface area contributed by atoms with Crippen LogP contribution in [0.1, 0.15) is 31.3 Å². The minimum atomic E-state index is -1.43. The molecule has 2 heterocycles. The molecule has 0 saturated carbocycles. The topological polar surface area (TPSA) is 113 Å². The molecule has 1 saturated heterocycles. The maximum atomic E-state index is 11.7. The van der Waals surface area contributed by atoms with Gasteiger partial charge in [-0.1, -0.05) is 59.7 Å². The molecule has 9 nitrogen and oxygen atoms in total. The van der Waals surface area contributed by atoms with Crippen molar-refractivity contribution in [1.29, 1.82) is 0 Å². The van der Waals surface area contributed by atoms with Gasteiger partial charge in [-0.2, -0.15) is 0 Å². The van der Waals surface area contributed by atoms with Crippen molar-refractivity contribution in [2.75, 3.05) is 0 Å². The van der Waals surface area contributed by atoms with E-state index in [4.69, 9.17) is 14.2 Å². The minimum Gasteiger partial charge on any atom is -0.455 e. The molecule has 2 aromatic carbocycles. The van der Waals surface area contributed by atoms with Crippen LogP contribution in [0, 0.1) is 11.8 Å². The molecule has 1 aromatic heterocycles. The van der Waals surface area contributed by atoms with Crippen molar-refractivity contribution in [3.8, 4) is 23.1 Å². The first kappa shape index (κ1) is 22.2. The predicted octanol–water partition coefficient (Wildman–Crippen LogP) is 2.06. The van der Waals surface area contributed by atoms with Crippen molar-refractivity contribution in [1.82, 2.24) is 15.0 Å². The van der Waals surface area contributed by atoms with Gasteiger partial charge in [0.1, 0.15) is 11.4 Å². The average Bonchev–Trinajstić information content (AvgIpc) is 3.35. The smallest absolute Gasteiger partial charge is 0.305 e. The third kappa shape index (κ3) is 4.92. The minimum absolute atomic E-state index is 0.378. The third-order valence-electron chi connectivity index (χ3n) is 4.84. The van der Waals surface area contributed by atoms with E-state index in [1.165, 1.54) is 18.5 Å². The van der Waals surface area contributed by atoms with Crippen molar-refractivity contribution in [3.05, 3.63) is 71.9 Å². The first-order chi connectivity index (χ1) is 15.9. The fourth-order valence-corrected chi connectivity index (χ4v) is 3.43. The Morgan fingerprint density at radius 2 is 1.61 bits per heavy atom. The molecular formula is C24H21N3O6. The summed E-state index contributed by atoms with van der Waals surface area (Å²) in [5, 5.41) is 19.1. The van der Waals surface area contributed by atoms with Gasteiger partial charge in [0.25, 0.3) is 0 Å². The number of benzene rings is 2. The molecule has 1 aliphatic rings. The van der Waals surface area contributed by atoms with E-state index >= 15 is 0 Å². The number of esters is 2. The number of aromatic nitrogens is 3. The van der Waals surface area contributed by atoms with Gasteiger partial charge >= 0.3 is 11.9 Å². The number of ether oxygens (including phenoxy) is 3. The summed E-state index contributed by atoms with van der Waals surface area (Å²) in [4.78, 5) is 23.2. The Morgan fingerprint density at radius 1 is 0.970 bits per heavy atom. The lowest BCUT2D eigenvalue weighted by Gasteiger charge is -2.19. The molecule has 33 heavy (non-hydrogen) atoms. The second kappa shape index (κ2) is 9.65.